The van der Waals surface area contributed by atoms with E-state index in [-0.39, 0.29) is 17.6 Å². The van der Waals surface area contributed by atoms with Crippen LogP contribution in [0.5, 0.6) is 0 Å². The van der Waals surface area contributed by atoms with Gasteiger partial charge in [-0.25, -0.2) is 4.79 Å². The molecule has 1 unspecified atom stereocenters. The summed E-state index contributed by atoms with van der Waals surface area (Å²) in [6, 6.07) is 0. The number of ether oxygens (including phenoxy) is 1. The smallest absolute Gasteiger partial charge is 0.413 e. The second kappa shape index (κ2) is 6.73. The first-order valence-electron chi connectivity index (χ1n) is 3.70. The van der Waals surface area contributed by atoms with Crippen molar-refractivity contribution in [2.45, 2.75) is 12.2 Å². The monoisotopic (exact) mass is 207 g/mol. The van der Waals surface area contributed by atoms with Crippen LogP contribution in [0.4, 0.5) is 4.79 Å². The van der Waals surface area contributed by atoms with Gasteiger partial charge in [-0.15, -0.1) is 11.8 Å². The first-order chi connectivity index (χ1) is 6.10. The van der Waals surface area contributed by atoms with Gasteiger partial charge in [-0.2, -0.15) is 0 Å². The van der Waals surface area contributed by atoms with E-state index in [1.165, 1.54) is 18.9 Å². The Bertz CT molecular complexity index is 185. The molecule has 2 N–H and O–H groups in total. The van der Waals surface area contributed by atoms with E-state index in [9.17, 15) is 9.59 Å². The third-order valence-corrected chi connectivity index (χ3v) is 2.33. The number of aliphatic hydroxyl groups is 1. The maximum Gasteiger partial charge on any atom is 0.413 e. The van der Waals surface area contributed by atoms with E-state index < -0.39 is 12.0 Å². The van der Waals surface area contributed by atoms with E-state index in [1.807, 2.05) is 5.32 Å². The summed E-state index contributed by atoms with van der Waals surface area (Å²) in [5.41, 5.74) is 0. The van der Waals surface area contributed by atoms with Gasteiger partial charge in [0.15, 0.2) is 0 Å². The summed E-state index contributed by atoms with van der Waals surface area (Å²) in [5.74, 6) is -0.284. The van der Waals surface area contributed by atoms with Crippen molar-refractivity contribution in [2.24, 2.45) is 0 Å². The Morgan fingerprint density at radius 3 is 2.69 bits per heavy atom. The summed E-state index contributed by atoms with van der Waals surface area (Å²) in [6.07, 6.45) is -0.762. The highest BCUT2D eigenvalue weighted by molar-refractivity contribution is 8.00. The molecular formula is C7H13NO4S. The number of rotatable bonds is 4. The van der Waals surface area contributed by atoms with E-state index in [0.717, 1.165) is 0 Å². The molecule has 0 heterocycles. The topological polar surface area (TPSA) is 75.6 Å². The van der Waals surface area contributed by atoms with E-state index in [1.54, 1.807) is 6.92 Å². The lowest BCUT2D eigenvalue weighted by molar-refractivity contribution is -0.117. The summed E-state index contributed by atoms with van der Waals surface area (Å²) >= 11 is 1.27. The van der Waals surface area contributed by atoms with Crippen molar-refractivity contribution >= 4 is 23.8 Å². The fraction of sp³-hybridized carbons (Fsp3) is 0.714. The van der Waals surface area contributed by atoms with Crippen LogP contribution in [0, 0.1) is 0 Å². The zero-order valence-corrected chi connectivity index (χ0v) is 8.39. The highest BCUT2D eigenvalue weighted by Gasteiger charge is 2.09. The molecule has 0 aliphatic carbocycles. The van der Waals surface area contributed by atoms with Crippen molar-refractivity contribution in [3.63, 3.8) is 0 Å². The molecule has 0 aromatic carbocycles. The molecule has 0 fully saturated rings. The number of imide groups is 1. The SMILES string of the molecule is COC(=O)NC(=O)CSC(C)CO. The highest BCUT2D eigenvalue weighted by atomic mass is 32.2. The second-order valence-corrected chi connectivity index (χ2v) is 3.77. The number of carbonyl (C=O) groups is 2. The molecule has 6 heteroatoms. The molecular weight excluding hydrogens is 194 g/mol. The third-order valence-electron chi connectivity index (χ3n) is 1.18. The van der Waals surface area contributed by atoms with Gasteiger partial charge in [-0.05, 0) is 0 Å². The molecule has 0 aliphatic heterocycles. The number of thioether (sulfide) groups is 1. The van der Waals surface area contributed by atoms with Gasteiger partial charge in [-0.1, -0.05) is 6.92 Å². The fourth-order valence-corrected chi connectivity index (χ4v) is 1.09. The van der Waals surface area contributed by atoms with Gasteiger partial charge in [0, 0.05) is 5.25 Å². The molecule has 0 saturated carbocycles. The zero-order valence-electron chi connectivity index (χ0n) is 7.57. The lowest BCUT2D eigenvalue weighted by atomic mass is 10.5. The summed E-state index contributed by atoms with van der Waals surface area (Å²) in [4.78, 5) is 21.4. The van der Waals surface area contributed by atoms with Gasteiger partial charge in [0.05, 0.1) is 19.5 Å². The summed E-state index contributed by atoms with van der Waals surface area (Å²) in [7, 11) is 1.19. The van der Waals surface area contributed by atoms with Gasteiger partial charge in [-0.3, -0.25) is 10.1 Å². The summed E-state index contributed by atoms with van der Waals surface area (Å²) in [6.45, 7) is 1.80. The minimum absolute atomic E-state index is 0.0101. The van der Waals surface area contributed by atoms with Crippen molar-refractivity contribution in [3.8, 4) is 0 Å². The summed E-state index contributed by atoms with van der Waals surface area (Å²) < 4.78 is 4.22. The molecule has 1 atom stereocenters. The average molecular weight is 207 g/mol. The molecule has 0 spiro atoms. The number of carbonyl (C=O) groups excluding carboxylic acids is 2. The second-order valence-electron chi connectivity index (χ2n) is 2.34. The number of hydrogen-bond donors (Lipinski definition) is 2. The molecule has 0 aromatic rings. The minimum Gasteiger partial charge on any atom is -0.453 e. The van der Waals surface area contributed by atoms with E-state index in [4.69, 9.17) is 5.11 Å². The van der Waals surface area contributed by atoms with Gasteiger partial charge in [0.25, 0.3) is 0 Å². The van der Waals surface area contributed by atoms with E-state index in [0.29, 0.717) is 0 Å². The predicted octanol–water partition coefficient (Wildman–Crippen LogP) is -0.0170. The lowest BCUT2D eigenvalue weighted by Crippen LogP contribution is -2.32. The van der Waals surface area contributed by atoms with Crippen molar-refractivity contribution in [3.05, 3.63) is 0 Å². The maximum atomic E-state index is 10.9. The number of aliphatic hydroxyl groups excluding tert-OH is 1. The minimum atomic E-state index is -0.762. The quantitative estimate of drug-likeness (QED) is 0.677. The standard InChI is InChI=1S/C7H13NO4S/c1-5(3-9)13-4-6(10)8-7(11)12-2/h5,9H,3-4H2,1-2H3,(H,8,10,11). The molecule has 13 heavy (non-hydrogen) atoms. The van der Waals surface area contributed by atoms with Crippen molar-refractivity contribution in [1.82, 2.24) is 5.32 Å². The first kappa shape index (κ1) is 12.2. The fourth-order valence-electron chi connectivity index (χ4n) is 0.472. The normalized spacial score (nSPS) is 11.9. The first-order valence-corrected chi connectivity index (χ1v) is 4.75. The summed E-state index contributed by atoms with van der Waals surface area (Å²) in [5, 5.41) is 10.6. The van der Waals surface area contributed by atoms with Crippen LogP contribution in [-0.2, 0) is 9.53 Å². The Kier molecular flexibility index (Phi) is 6.34. The molecule has 0 bridgehead atoms. The number of alkyl carbamates (subject to hydrolysis) is 1. The maximum absolute atomic E-state index is 10.9. The van der Waals surface area contributed by atoms with Crippen molar-refractivity contribution in [2.75, 3.05) is 19.5 Å². The van der Waals surface area contributed by atoms with Crippen molar-refractivity contribution < 1.29 is 19.4 Å². The molecule has 2 amide bonds. The van der Waals surface area contributed by atoms with Crippen LogP contribution in [0.3, 0.4) is 0 Å². The van der Waals surface area contributed by atoms with Crippen LogP contribution < -0.4 is 5.32 Å². The van der Waals surface area contributed by atoms with Gasteiger partial charge in [0.1, 0.15) is 0 Å². The van der Waals surface area contributed by atoms with Crippen molar-refractivity contribution in [1.29, 1.82) is 0 Å². The lowest BCUT2D eigenvalue weighted by Gasteiger charge is -2.06. The number of methoxy groups -OCH3 is 1. The van der Waals surface area contributed by atoms with E-state index in [2.05, 4.69) is 4.74 Å². The average Bonchev–Trinajstić information content (AvgIpc) is 2.13. The predicted molar refractivity (Wildman–Crippen MR) is 49.6 cm³/mol. The Morgan fingerprint density at radius 1 is 1.62 bits per heavy atom. The Morgan fingerprint density at radius 2 is 2.23 bits per heavy atom. The third kappa shape index (κ3) is 6.41. The Labute approximate surface area is 80.8 Å². The van der Waals surface area contributed by atoms with Crippen LogP contribution >= 0.6 is 11.8 Å². The molecule has 76 valence electrons. The highest BCUT2D eigenvalue weighted by Crippen LogP contribution is 2.08. The zero-order chi connectivity index (χ0) is 10.3. The molecule has 0 aliphatic rings. The number of amides is 2. The van der Waals surface area contributed by atoms with Crippen LogP contribution in [0.25, 0.3) is 0 Å². The van der Waals surface area contributed by atoms with Crippen LogP contribution in [0.2, 0.25) is 0 Å². The molecule has 0 aromatic heterocycles. The van der Waals surface area contributed by atoms with Crippen LogP contribution in [-0.4, -0.2) is 41.8 Å². The molecule has 0 radical (unpaired) electrons. The molecule has 5 nitrogen and oxygen atoms in total. The van der Waals surface area contributed by atoms with Crippen LogP contribution in [0.1, 0.15) is 6.92 Å². The van der Waals surface area contributed by atoms with E-state index >= 15 is 0 Å². The van der Waals surface area contributed by atoms with Gasteiger partial charge >= 0.3 is 6.09 Å². The number of hydrogen-bond acceptors (Lipinski definition) is 5. The van der Waals surface area contributed by atoms with Crippen LogP contribution in [0.15, 0.2) is 0 Å². The molecule has 0 saturated heterocycles. The van der Waals surface area contributed by atoms with Gasteiger partial charge < -0.3 is 9.84 Å². The number of nitrogens with one attached hydrogen (secondary N) is 1. The van der Waals surface area contributed by atoms with Gasteiger partial charge in [0.2, 0.25) is 5.91 Å². The Hall–Kier alpha value is -0.750. The largest absolute Gasteiger partial charge is 0.453 e. The molecule has 0 rings (SSSR count). The Balaban J connectivity index is 3.57.